The molecule has 0 aliphatic heterocycles. The number of Topliss-reactive ketones (excluding diaryl/α,β-unsaturated/α-hetero) is 1. The third-order valence-electron chi connectivity index (χ3n) is 1.39. The van der Waals surface area contributed by atoms with Gasteiger partial charge in [-0.2, -0.15) is 0 Å². The standard InChI is InChI=1S/C7H11F4NO.Nb/c1-2-12-3-4(8)5(9)6(13)7(10)11;/h4-5,7,12H,2-3H2,1H3;. The molecule has 1 N–H and O–H groups in total. The smallest absolute Gasteiger partial charge is 0.299 e. The first kappa shape index (κ1) is 16.5. The molecule has 0 aliphatic rings. The fourth-order valence-corrected chi connectivity index (χ4v) is 0.684. The predicted molar refractivity (Wildman–Crippen MR) is 39.3 cm³/mol. The monoisotopic (exact) mass is 294 g/mol. The average Bonchev–Trinajstić information content (AvgIpc) is 2.11. The van der Waals surface area contributed by atoms with E-state index >= 15 is 0 Å². The number of alkyl halides is 4. The predicted octanol–water partition coefficient (Wildman–Crippen LogP) is 1.10. The second kappa shape index (κ2) is 8.40. The second-order valence-corrected chi connectivity index (χ2v) is 2.43. The first-order valence-corrected chi connectivity index (χ1v) is 3.81. The van der Waals surface area contributed by atoms with Gasteiger partial charge in [-0.1, -0.05) is 6.92 Å². The number of ketones is 1. The van der Waals surface area contributed by atoms with Crippen molar-refractivity contribution in [3.63, 3.8) is 0 Å². The van der Waals surface area contributed by atoms with E-state index in [1.54, 1.807) is 6.92 Å². The molecule has 83 valence electrons. The summed E-state index contributed by atoms with van der Waals surface area (Å²) >= 11 is 0. The maximum absolute atomic E-state index is 12.6. The van der Waals surface area contributed by atoms with E-state index in [9.17, 15) is 22.4 Å². The van der Waals surface area contributed by atoms with Gasteiger partial charge in [-0.15, -0.1) is 0 Å². The van der Waals surface area contributed by atoms with Crippen molar-refractivity contribution in [1.29, 1.82) is 0 Å². The van der Waals surface area contributed by atoms with Crippen LogP contribution in [-0.2, 0) is 27.2 Å². The van der Waals surface area contributed by atoms with Crippen LogP contribution in [0.3, 0.4) is 0 Å². The normalized spacial score (nSPS) is 14.7. The Hall–Kier alpha value is 0.0903. The first-order valence-electron chi connectivity index (χ1n) is 3.81. The number of hydrogen-bond acceptors (Lipinski definition) is 2. The first-order chi connectivity index (χ1) is 6.00. The molecule has 14 heavy (non-hydrogen) atoms. The molecule has 0 rings (SSSR count). The molecule has 0 amide bonds. The zero-order valence-electron chi connectivity index (χ0n) is 7.51. The summed E-state index contributed by atoms with van der Waals surface area (Å²) in [6.07, 6.45) is -8.39. The van der Waals surface area contributed by atoms with Crippen molar-refractivity contribution in [2.75, 3.05) is 13.1 Å². The third-order valence-corrected chi connectivity index (χ3v) is 1.39. The van der Waals surface area contributed by atoms with Crippen molar-refractivity contribution >= 4 is 5.78 Å². The van der Waals surface area contributed by atoms with Gasteiger partial charge in [0.25, 0.3) is 6.43 Å². The van der Waals surface area contributed by atoms with Gasteiger partial charge in [-0.3, -0.25) is 4.79 Å². The minimum absolute atomic E-state index is 0. The van der Waals surface area contributed by atoms with Gasteiger partial charge < -0.3 is 5.32 Å². The van der Waals surface area contributed by atoms with Gasteiger partial charge in [0.05, 0.1) is 0 Å². The van der Waals surface area contributed by atoms with E-state index in [4.69, 9.17) is 0 Å². The van der Waals surface area contributed by atoms with E-state index in [-0.39, 0.29) is 22.4 Å². The molecule has 0 aromatic rings. The summed E-state index contributed by atoms with van der Waals surface area (Å²) in [5.74, 6) is -1.99. The van der Waals surface area contributed by atoms with Crippen LogP contribution < -0.4 is 5.32 Å². The molecule has 2 unspecified atom stereocenters. The topological polar surface area (TPSA) is 29.1 Å². The Labute approximate surface area is 94.9 Å². The summed E-state index contributed by atoms with van der Waals surface area (Å²) in [6.45, 7) is 1.60. The Morgan fingerprint density at radius 3 is 2.14 bits per heavy atom. The Balaban J connectivity index is 0. The molecule has 0 aliphatic carbocycles. The maximum atomic E-state index is 12.6. The van der Waals surface area contributed by atoms with Crippen molar-refractivity contribution in [1.82, 2.24) is 5.32 Å². The number of rotatable bonds is 6. The molecular weight excluding hydrogens is 283 g/mol. The summed E-state index contributed by atoms with van der Waals surface area (Å²) in [4.78, 5) is 10.3. The number of carbonyl (C=O) groups excluding carboxylic acids is 1. The van der Waals surface area contributed by atoms with Crippen molar-refractivity contribution in [2.24, 2.45) is 0 Å². The largest absolute Gasteiger partial charge is 0.314 e. The number of carbonyl (C=O) groups is 1. The minimum Gasteiger partial charge on any atom is -0.314 e. The molecule has 2 nitrogen and oxygen atoms in total. The summed E-state index contributed by atoms with van der Waals surface area (Å²) in [5, 5.41) is 2.41. The van der Waals surface area contributed by atoms with Crippen LogP contribution in [-0.4, -0.2) is 37.6 Å². The number of nitrogens with one attached hydrogen (secondary N) is 1. The van der Waals surface area contributed by atoms with Crippen LogP contribution in [0.4, 0.5) is 17.6 Å². The fraction of sp³-hybridized carbons (Fsp3) is 0.857. The molecular formula is C7H11F4NNbO. The van der Waals surface area contributed by atoms with Crippen LogP contribution in [0.1, 0.15) is 6.92 Å². The van der Waals surface area contributed by atoms with Crippen molar-refractivity contribution in [3.05, 3.63) is 0 Å². The molecule has 2 atom stereocenters. The van der Waals surface area contributed by atoms with Gasteiger partial charge in [0.15, 0.2) is 12.3 Å². The summed E-state index contributed by atoms with van der Waals surface area (Å²) in [7, 11) is 0. The Morgan fingerprint density at radius 1 is 1.29 bits per heavy atom. The molecule has 0 saturated heterocycles. The fourth-order valence-electron chi connectivity index (χ4n) is 0.684. The van der Waals surface area contributed by atoms with Crippen LogP contribution in [0.2, 0.25) is 0 Å². The van der Waals surface area contributed by atoms with Crippen molar-refractivity contribution in [3.8, 4) is 0 Å². The van der Waals surface area contributed by atoms with Crippen LogP contribution in [0.15, 0.2) is 0 Å². The van der Waals surface area contributed by atoms with Crippen LogP contribution >= 0.6 is 0 Å². The van der Waals surface area contributed by atoms with Gasteiger partial charge in [0.1, 0.15) is 0 Å². The Bertz CT molecular complexity index is 170. The molecule has 7 heteroatoms. The van der Waals surface area contributed by atoms with E-state index in [0.29, 0.717) is 6.54 Å². The Kier molecular flexibility index (Phi) is 9.91. The van der Waals surface area contributed by atoms with E-state index in [2.05, 4.69) is 5.32 Å². The molecule has 0 aromatic heterocycles. The quantitative estimate of drug-likeness (QED) is 0.587. The molecule has 0 aromatic carbocycles. The Morgan fingerprint density at radius 2 is 1.79 bits per heavy atom. The molecule has 0 saturated carbocycles. The van der Waals surface area contributed by atoms with Crippen LogP contribution in [0, 0.1) is 0 Å². The van der Waals surface area contributed by atoms with E-state index in [0.717, 1.165) is 0 Å². The van der Waals surface area contributed by atoms with E-state index < -0.39 is 31.1 Å². The zero-order chi connectivity index (χ0) is 10.4. The van der Waals surface area contributed by atoms with Crippen LogP contribution in [0.25, 0.3) is 0 Å². The van der Waals surface area contributed by atoms with Gasteiger partial charge in [0.2, 0.25) is 5.78 Å². The van der Waals surface area contributed by atoms with Gasteiger partial charge >= 0.3 is 0 Å². The zero-order valence-corrected chi connectivity index (χ0v) is 9.71. The van der Waals surface area contributed by atoms with Crippen molar-refractivity contribution < 1.29 is 44.7 Å². The van der Waals surface area contributed by atoms with Gasteiger partial charge in [-0.05, 0) is 6.54 Å². The van der Waals surface area contributed by atoms with Gasteiger partial charge in [0, 0.05) is 28.9 Å². The SMILES string of the molecule is CCNCC(F)C(F)C(=O)C(F)F.[Nb]. The number of halogens is 4. The molecule has 0 bridgehead atoms. The maximum Gasteiger partial charge on any atom is 0.299 e. The van der Waals surface area contributed by atoms with E-state index in [1.165, 1.54) is 0 Å². The molecule has 0 spiro atoms. The summed E-state index contributed by atoms with van der Waals surface area (Å²) in [6, 6.07) is 0. The van der Waals surface area contributed by atoms with E-state index in [1.807, 2.05) is 0 Å². The molecule has 0 fully saturated rings. The number of hydrogen-bond donors (Lipinski definition) is 1. The minimum atomic E-state index is -3.45. The summed E-state index contributed by atoms with van der Waals surface area (Å²) < 4.78 is 48.3. The molecule has 0 heterocycles. The van der Waals surface area contributed by atoms with Crippen LogP contribution in [0.5, 0.6) is 0 Å². The summed E-state index contributed by atoms with van der Waals surface area (Å²) in [5.41, 5.74) is 0. The molecule has 1 radical (unpaired) electrons. The third kappa shape index (κ3) is 5.74. The van der Waals surface area contributed by atoms with Crippen molar-refractivity contribution in [2.45, 2.75) is 25.7 Å². The second-order valence-electron chi connectivity index (χ2n) is 2.43. The average molecular weight is 294 g/mol. The van der Waals surface area contributed by atoms with Gasteiger partial charge in [-0.25, -0.2) is 17.6 Å².